The van der Waals surface area contributed by atoms with Crippen molar-refractivity contribution in [3.8, 4) is 0 Å². The van der Waals surface area contributed by atoms with Gasteiger partial charge in [0, 0.05) is 46.3 Å². The van der Waals surface area contributed by atoms with Gasteiger partial charge in [-0.15, -0.1) is 0 Å². The van der Waals surface area contributed by atoms with E-state index in [0.29, 0.717) is 0 Å². The van der Waals surface area contributed by atoms with E-state index in [1.165, 1.54) is 45.1 Å². The van der Waals surface area contributed by atoms with Gasteiger partial charge in [0.15, 0.2) is 0 Å². The van der Waals surface area contributed by atoms with Crippen LogP contribution in [0.4, 0.5) is 0 Å². The molecule has 0 saturated carbocycles. The molecule has 179 valence electrons. The molecule has 0 aliphatic carbocycles. The van der Waals surface area contributed by atoms with Gasteiger partial charge in [0.05, 0.1) is 9.52 Å². The zero-order chi connectivity index (χ0) is 22.9. The summed E-state index contributed by atoms with van der Waals surface area (Å²) in [6.07, 6.45) is 9.60. The number of rotatable bonds is 21. The van der Waals surface area contributed by atoms with Gasteiger partial charge in [-0.2, -0.15) is 0 Å². The Morgan fingerprint density at radius 1 is 0.867 bits per heavy atom. The highest BCUT2D eigenvalue weighted by atomic mass is 28.4. The Hall–Kier alpha value is 0.371. The summed E-state index contributed by atoms with van der Waals surface area (Å²) < 4.78 is 28.1. The third-order valence-corrected chi connectivity index (χ3v) is 12.8. The molecule has 0 aromatic carbocycles. The van der Waals surface area contributed by atoms with Crippen LogP contribution < -0.4 is 5.32 Å². The number of nitrogens with one attached hydrogen (secondary N) is 1. The second kappa shape index (κ2) is 17.9. The zero-order valence-electron chi connectivity index (χ0n) is 20.8. The molecule has 7 nitrogen and oxygen atoms in total. The fourth-order valence-electron chi connectivity index (χ4n) is 3.57. The van der Waals surface area contributed by atoms with Crippen LogP contribution in [0.1, 0.15) is 51.9 Å². The van der Waals surface area contributed by atoms with Crippen molar-refractivity contribution in [2.75, 3.05) is 68.9 Å². The maximum absolute atomic E-state index is 5.76. The Morgan fingerprint density at radius 3 is 1.97 bits per heavy atom. The third-order valence-electron chi connectivity index (χ3n) is 5.48. The average molecular weight is 480 g/mol. The molecule has 0 aromatic rings. The SMILES string of the molecule is CO[Si](OC)C(C)(CCCCCCCN(C)C)[Si]CNCCC[Si](OC)(OC)OC. The zero-order valence-corrected chi connectivity index (χ0v) is 23.8. The fraction of sp³-hybridized carbons (Fsp3) is 1.00. The van der Waals surface area contributed by atoms with Crippen molar-refractivity contribution in [2.24, 2.45) is 0 Å². The Bertz CT molecular complexity index is 394. The second-order valence-corrected chi connectivity index (χ2v) is 16.0. The van der Waals surface area contributed by atoms with E-state index in [9.17, 15) is 0 Å². The summed E-state index contributed by atoms with van der Waals surface area (Å²) in [6, 6.07) is 0.822. The fourth-order valence-corrected chi connectivity index (χ4v) is 9.24. The van der Waals surface area contributed by atoms with E-state index in [4.69, 9.17) is 22.1 Å². The molecule has 0 rings (SSSR count). The number of hydrogen-bond donors (Lipinski definition) is 1. The summed E-state index contributed by atoms with van der Waals surface area (Å²) in [5.41, 5.74) is 0. The molecule has 10 heteroatoms. The van der Waals surface area contributed by atoms with Crippen LogP contribution in [0.15, 0.2) is 0 Å². The molecule has 0 heterocycles. The Balaban J connectivity index is 4.29. The number of hydrogen-bond acceptors (Lipinski definition) is 7. The highest BCUT2D eigenvalue weighted by Gasteiger charge is 2.39. The van der Waals surface area contributed by atoms with Crippen molar-refractivity contribution in [2.45, 2.75) is 62.6 Å². The Kier molecular flexibility index (Phi) is 18.1. The lowest BCUT2D eigenvalue weighted by molar-refractivity contribution is 0.123. The summed E-state index contributed by atoms with van der Waals surface area (Å²) in [5.74, 6) is 0. The van der Waals surface area contributed by atoms with E-state index in [1.807, 2.05) is 0 Å². The van der Waals surface area contributed by atoms with Crippen molar-refractivity contribution in [3.05, 3.63) is 0 Å². The smallest absolute Gasteiger partial charge is 0.397 e. The van der Waals surface area contributed by atoms with Crippen molar-refractivity contribution in [1.82, 2.24) is 10.2 Å². The van der Waals surface area contributed by atoms with Crippen LogP contribution >= 0.6 is 0 Å². The van der Waals surface area contributed by atoms with Gasteiger partial charge in [-0.3, -0.25) is 0 Å². The molecule has 0 saturated heterocycles. The minimum Gasteiger partial charge on any atom is -0.397 e. The third kappa shape index (κ3) is 12.4. The van der Waals surface area contributed by atoms with Gasteiger partial charge in [-0.05, 0) is 52.6 Å². The second-order valence-electron chi connectivity index (χ2n) is 8.10. The van der Waals surface area contributed by atoms with E-state index in [-0.39, 0.29) is 4.66 Å². The lowest BCUT2D eigenvalue weighted by Crippen LogP contribution is -2.44. The standard InChI is InChI=1S/C20H47N2O5Si3/c1-20(29(23-4)24-5,15-12-10-9-11-13-17-22(2)3)28-19-21-16-14-18-30(25-6,26-7)27-8/h21H,9-19H2,1-8H3. The van der Waals surface area contributed by atoms with Crippen molar-refractivity contribution >= 4 is 27.6 Å². The minimum absolute atomic E-state index is 0.134. The highest BCUT2D eigenvalue weighted by Crippen LogP contribution is 2.35. The minimum atomic E-state index is -2.46. The van der Waals surface area contributed by atoms with E-state index >= 15 is 0 Å². The first-order valence-electron chi connectivity index (χ1n) is 11.0. The highest BCUT2D eigenvalue weighted by molar-refractivity contribution is 6.66. The van der Waals surface area contributed by atoms with Gasteiger partial charge in [-0.25, -0.2) is 0 Å². The molecule has 1 N–H and O–H groups in total. The van der Waals surface area contributed by atoms with Crippen LogP contribution in [0, 0.1) is 0 Å². The predicted octanol–water partition coefficient (Wildman–Crippen LogP) is 2.91. The largest absolute Gasteiger partial charge is 0.500 e. The van der Waals surface area contributed by atoms with E-state index < -0.39 is 18.1 Å². The van der Waals surface area contributed by atoms with Crippen LogP contribution in [0.3, 0.4) is 0 Å². The maximum atomic E-state index is 5.76. The predicted molar refractivity (Wildman–Crippen MR) is 129 cm³/mol. The van der Waals surface area contributed by atoms with Gasteiger partial charge >= 0.3 is 18.1 Å². The van der Waals surface area contributed by atoms with Gasteiger partial charge < -0.3 is 32.3 Å². The first kappa shape index (κ1) is 30.4. The Morgan fingerprint density at radius 2 is 1.43 bits per heavy atom. The summed E-state index contributed by atoms with van der Waals surface area (Å²) in [5, 5.41) is 3.59. The van der Waals surface area contributed by atoms with Gasteiger partial charge in [0.1, 0.15) is 0 Å². The lowest BCUT2D eigenvalue weighted by atomic mass is 10.1. The molecule has 3 radical (unpaired) electrons. The average Bonchev–Trinajstić information content (AvgIpc) is 2.74. The normalized spacial score (nSPS) is 14.6. The Labute approximate surface area is 191 Å². The summed E-state index contributed by atoms with van der Waals surface area (Å²) in [4.78, 5) is 2.26. The molecular weight excluding hydrogens is 432 g/mol. The quantitative estimate of drug-likeness (QED) is 0.201. The maximum Gasteiger partial charge on any atom is 0.500 e. The number of unbranched alkanes of at least 4 members (excludes halogenated alkanes) is 4. The van der Waals surface area contributed by atoms with Crippen LogP contribution in [0.25, 0.3) is 0 Å². The molecule has 0 bridgehead atoms. The monoisotopic (exact) mass is 479 g/mol. The molecule has 0 spiro atoms. The summed E-state index contributed by atoms with van der Waals surface area (Å²) in [6.45, 7) is 4.47. The molecule has 0 fully saturated rings. The molecule has 0 aliphatic heterocycles. The van der Waals surface area contributed by atoms with E-state index in [0.717, 1.165) is 34.7 Å². The van der Waals surface area contributed by atoms with E-state index in [1.54, 1.807) is 35.5 Å². The van der Waals surface area contributed by atoms with Gasteiger partial charge in [0.2, 0.25) is 0 Å². The molecule has 0 aliphatic rings. The van der Waals surface area contributed by atoms with Crippen LogP contribution in [-0.2, 0) is 22.1 Å². The molecular formula is C20H47N2O5Si3. The molecule has 0 aromatic heterocycles. The first-order valence-corrected chi connectivity index (χ1v) is 15.5. The van der Waals surface area contributed by atoms with Gasteiger partial charge in [0.25, 0.3) is 0 Å². The first-order chi connectivity index (χ1) is 14.3. The van der Waals surface area contributed by atoms with Crippen molar-refractivity contribution < 1.29 is 22.1 Å². The van der Waals surface area contributed by atoms with Crippen LogP contribution in [-0.4, -0.2) is 101 Å². The molecule has 30 heavy (non-hydrogen) atoms. The summed E-state index contributed by atoms with van der Waals surface area (Å²) in [7, 11) is 9.90. The number of nitrogens with zero attached hydrogens (tertiary/aromatic N) is 1. The molecule has 1 atom stereocenters. The topological polar surface area (TPSA) is 61.4 Å². The van der Waals surface area contributed by atoms with Crippen molar-refractivity contribution in [1.29, 1.82) is 0 Å². The van der Waals surface area contributed by atoms with Crippen LogP contribution in [0.5, 0.6) is 0 Å². The lowest BCUT2D eigenvalue weighted by Gasteiger charge is -2.32. The molecule has 0 amide bonds. The van der Waals surface area contributed by atoms with Crippen molar-refractivity contribution in [3.63, 3.8) is 0 Å². The summed E-state index contributed by atoms with van der Waals surface area (Å²) >= 11 is 0. The molecule has 1 unspecified atom stereocenters. The van der Waals surface area contributed by atoms with Crippen LogP contribution in [0.2, 0.25) is 10.7 Å². The van der Waals surface area contributed by atoms with Gasteiger partial charge in [-0.1, -0.05) is 32.6 Å². The van der Waals surface area contributed by atoms with E-state index in [2.05, 4.69) is 31.2 Å².